The van der Waals surface area contributed by atoms with Gasteiger partial charge in [0, 0.05) is 6.20 Å². The minimum absolute atomic E-state index is 0.387. The standard InChI is InChI=1S/C10H10F2N2O4/c11-10(12,5-15)4-14-8(16)7-6(9(17)18)2-1-3-13-7/h1-3,15H,4-5H2,(H,14,16)(H,17,18). The normalized spacial score (nSPS) is 11.1. The SMILES string of the molecule is O=C(O)c1cccnc1C(=O)NCC(F)(F)CO. The van der Waals surface area contributed by atoms with Crippen molar-refractivity contribution in [2.24, 2.45) is 0 Å². The molecule has 0 radical (unpaired) electrons. The summed E-state index contributed by atoms with van der Waals surface area (Å²) in [6.45, 7) is -2.51. The molecule has 0 bridgehead atoms. The number of aromatic carboxylic acids is 1. The van der Waals surface area contributed by atoms with E-state index in [0.717, 1.165) is 6.07 Å². The Balaban J connectivity index is 2.82. The molecule has 0 spiro atoms. The lowest BCUT2D eigenvalue weighted by Gasteiger charge is -2.14. The molecule has 18 heavy (non-hydrogen) atoms. The number of carboxylic acid groups (broad SMARTS) is 1. The van der Waals surface area contributed by atoms with Crippen LogP contribution in [0.4, 0.5) is 8.78 Å². The smallest absolute Gasteiger partial charge is 0.338 e. The molecule has 0 saturated heterocycles. The number of amides is 1. The predicted molar refractivity (Wildman–Crippen MR) is 55.6 cm³/mol. The summed E-state index contributed by atoms with van der Waals surface area (Å²) in [5, 5.41) is 18.9. The van der Waals surface area contributed by atoms with Crippen LogP contribution in [0.1, 0.15) is 20.8 Å². The first kappa shape index (κ1) is 14.0. The predicted octanol–water partition coefficient (Wildman–Crippen LogP) is 0.137. The van der Waals surface area contributed by atoms with Crippen LogP contribution in [-0.2, 0) is 0 Å². The van der Waals surface area contributed by atoms with Crippen molar-refractivity contribution in [2.45, 2.75) is 5.92 Å². The molecule has 8 heteroatoms. The van der Waals surface area contributed by atoms with Crippen LogP contribution in [0.2, 0.25) is 0 Å². The van der Waals surface area contributed by atoms with Gasteiger partial charge in [-0.25, -0.2) is 13.6 Å². The van der Waals surface area contributed by atoms with Gasteiger partial charge in [0.1, 0.15) is 12.3 Å². The van der Waals surface area contributed by atoms with Crippen LogP contribution in [0, 0.1) is 0 Å². The third-order valence-corrected chi connectivity index (χ3v) is 1.99. The molecule has 0 aliphatic rings. The fraction of sp³-hybridized carbons (Fsp3) is 0.300. The van der Waals surface area contributed by atoms with E-state index in [2.05, 4.69) is 4.98 Å². The lowest BCUT2D eigenvalue weighted by molar-refractivity contribution is -0.0462. The van der Waals surface area contributed by atoms with Crippen LogP contribution >= 0.6 is 0 Å². The Morgan fingerprint density at radius 1 is 1.44 bits per heavy atom. The van der Waals surface area contributed by atoms with Crippen molar-refractivity contribution in [2.75, 3.05) is 13.2 Å². The van der Waals surface area contributed by atoms with Crippen LogP contribution < -0.4 is 5.32 Å². The second-order valence-electron chi connectivity index (χ2n) is 3.40. The summed E-state index contributed by atoms with van der Waals surface area (Å²) < 4.78 is 25.4. The Labute approximate surface area is 100 Å². The number of aliphatic hydroxyl groups is 1. The largest absolute Gasteiger partial charge is 0.478 e. The number of hydrogen-bond donors (Lipinski definition) is 3. The van der Waals surface area contributed by atoms with E-state index in [9.17, 15) is 18.4 Å². The van der Waals surface area contributed by atoms with Gasteiger partial charge in [-0.15, -0.1) is 0 Å². The van der Waals surface area contributed by atoms with Gasteiger partial charge in [0.15, 0.2) is 0 Å². The van der Waals surface area contributed by atoms with Crippen molar-refractivity contribution in [3.63, 3.8) is 0 Å². The molecule has 0 aliphatic heterocycles. The number of pyridine rings is 1. The van der Waals surface area contributed by atoms with Crippen molar-refractivity contribution in [1.82, 2.24) is 10.3 Å². The molecular formula is C10H10F2N2O4. The molecule has 0 unspecified atom stereocenters. The van der Waals surface area contributed by atoms with Crippen molar-refractivity contribution in [3.05, 3.63) is 29.6 Å². The average Bonchev–Trinajstić information content (AvgIpc) is 2.36. The fourth-order valence-corrected chi connectivity index (χ4v) is 1.11. The first-order chi connectivity index (χ1) is 8.37. The number of carbonyl (C=O) groups excluding carboxylic acids is 1. The number of aliphatic hydroxyl groups excluding tert-OH is 1. The van der Waals surface area contributed by atoms with E-state index >= 15 is 0 Å². The first-order valence-electron chi connectivity index (χ1n) is 4.82. The van der Waals surface area contributed by atoms with Crippen LogP contribution in [0.5, 0.6) is 0 Å². The summed E-state index contributed by atoms with van der Waals surface area (Å²) in [5.74, 6) is -5.89. The van der Waals surface area contributed by atoms with Crippen molar-refractivity contribution in [3.8, 4) is 0 Å². The summed E-state index contributed by atoms with van der Waals surface area (Å²) in [6, 6.07) is 2.44. The van der Waals surface area contributed by atoms with E-state index < -0.39 is 36.6 Å². The molecule has 1 aromatic rings. The van der Waals surface area contributed by atoms with Crippen molar-refractivity contribution < 1.29 is 28.6 Å². The summed E-state index contributed by atoms with van der Waals surface area (Å²) in [6.07, 6.45) is 1.17. The zero-order valence-electron chi connectivity index (χ0n) is 9.06. The Morgan fingerprint density at radius 2 is 2.11 bits per heavy atom. The molecule has 0 aromatic carbocycles. The lowest BCUT2D eigenvalue weighted by Crippen LogP contribution is -2.39. The number of nitrogens with one attached hydrogen (secondary N) is 1. The molecule has 0 aliphatic carbocycles. The molecule has 1 aromatic heterocycles. The highest BCUT2D eigenvalue weighted by atomic mass is 19.3. The maximum atomic E-state index is 12.7. The highest BCUT2D eigenvalue weighted by molar-refractivity contribution is 6.03. The van der Waals surface area contributed by atoms with Gasteiger partial charge in [-0.05, 0) is 12.1 Å². The highest BCUT2D eigenvalue weighted by Gasteiger charge is 2.29. The summed E-state index contributed by atoms with van der Waals surface area (Å²) >= 11 is 0. The summed E-state index contributed by atoms with van der Waals surface area (Å²) in [5.41, 5.74) is -0.846. The van der Waals surface area contributed by atoms with Crippen LogP contribution in [-0.4, -0.2) is 46.1 Å². The Bertz CT molecular complexity index is 465. The highest BCUT2D eigenvalue weighted by Crippen LogP contribution is 2.11. The lowest BCUT2D eigenvalue weighted by atomic mass is 10.2. The van der Waals surface area contributed by atoms with Crippen LogP contribution in [0.25, 0.3) is 0 Å². The molecule has 98 valence electrons. The Kier molecular flexibility index (Phi) is 4.27. The second-order valence-corrected chi connectivity index (χ2v) is 3.40. The molecule has 0 atom stereocenters. The van der Waals surface area contributed by atoms with E-state index in [-0.39, 0.29) is 5.56 Å². The average molecular weight is 260 g/mol. The summed E-state index contributed by atoms with van der Waals surface area (Å²) in [4.78, 5) is 25.8. The van der Waals surface area contributed by atoms with Crippen molar-refractivity contribution >= 4 is 11.9 Å². The maximum Gasteiger partial charge on any atom is 0.338 e. The molecular weight excluding hydrogens is 250 g/mol. The zero-order chi connectivity index (χ0) is 13.8. The van der Waals surface area contributed by atoms with Gasteiger partial charge in [-0.2, -0.15) is 0 Å². The van der Waals surface area contributed by atoms with Gasteiger partial charge < -0.3 is 15.5 Å². The minimum atomic E-state index is -3.46. The monoisotopic (exact) mass is 260 g/mol. The van der Waals surface area contributed by atoms with Gasteiger partial charge in [0.05, 0.1) is 12.1 Å². The van der Waals surface area contributed by atoms with Crippen LogP contribution in [0.15, 0.2) is 18.3 Å². The third-order valence-electron chi connectivity index (χ3n) is 1.99. The topological polar surface area (TPSA) is 99.5 Å². The number of rotatable bonds is 5. The van der Waals surface area contributed by atoms with E-state index in [1.165, 1.54) is 12.3 Å². The Hall–Kier alpha value is -2.09. The molecule has 3 N–H and O–H groups in total. The van der Waals surface area contributed by atoms with Crippen LogP contribution in [0.3, 0.4) is 0 Å². The fourth-order valence-electron chi connectivity index (χ4n) is 1.11. The van der Waals surface area contributed by atoms with E-state index in [0.29, 0.717) is 0 Å². The second kappa shape index (κ2) is 5.50. The minimum Gasteiger partial charge on any atom is -0.478 e. The van der Waals surface area contributed by atoms with E-state index in [1.807, 2.05) is 5.32 Å². The van der Waals surface area contributed by atoms with Gasteiger partial charge in [0.2, 0.25) is 0 Å². The van der Waals surface area contributed by atoms with Gasteiger partial charge in [-0.3, -0.25) is 9.78 Å². The van der Waals surface area contributed by atoms with Gasteiger partial charge in [0.25, 0.3) is 11.8 Å². The maximum absolute atomic E-state index is 12.7. The quantitative estimate of drug-likeness (QED) is 0.699. The number of aromatic nitrogens is 1. The zero-order valence-corrected chi connectivity index (χ0v) is 9.06. The molecule has 0 saturated carbocycles. The number of carbonyl (C=O) groups is 2. The van der Waals surface area contributed by atoms with E-state index in [4.69, 9.17) is 10.2 Å². The number of hydrogen-bond acceptors (Lipinski definition) is 4. The Morgan fingerprint density at radius 3 is 2.67 bits per heavy atom. The summed E-state index contributed by atoms with van der Waals surface area (Å²) in [7, 11) is 0. The molecule has 1 heterocycles. The first-order valence-corrected chi connectivity index (χ1v) is 4.82. The molecule has 1 amide bonds. The molecule has 1 rings (SSSR count). The number of nitrogens with zero attached hydrogens (tertiary/aromatic N) is 1. The molecule has 6 nitrogen and oxygen atoms in total. The van der Waals surface area contributed by atoms with Crippen molar-refractivity contribution in [1.29, 1.82) is 0 Å². The number of alkyl halides is 2. The van der Waals surface area contributed by atoms with Gasteiger partial charge in [-0.1, -0.05) is 0 Å². The van der Waals surface area contributed by atoms with E-state index in [1.54, 1.807) is 0 Å². The number of halogens is 2. The molecule has 0 fully saturated rings. The number of carboxylic acids is 1. The van der Waals surface area contributed by atoms with Gasteiger partial charge >= 0.3 is 5.97 Å². The third kappa shape index (κ3) is 3.45.